The van der Waals surface area contributed by atoms with Crippen LogP contribution in [0.1, 0.15) is 6.92 Å². The zero-order valence-corrected chi connectivity index (χ0v) is 7.94. The first-order chi connectivity index (χ1) is 4.18. The minimum absolute atomic E-state index is 0.212. The monoisotopic (exact) mass is 149 g/mol. The maximum atomic E-state index is 5.03. The van der Waals surface area contributed by atoms with Gasteiger partial charge >= 0.3 is 0 Å². The lowest BCUT2D eigenvalue weighted by molar-refractivity contribution is -0.201. The maximum Gasteiger partial charge on any atom is 0.217 e. The average molecular weight is 149 g/mol. The van der Waals surface area contributed by atoms with Gasteiger partial charge in [0.1, 0.15) is 0 Å². The quantitative estimate of drug-likeness (QED) is 0.439. The first-order valence-corrected chi connectivity index (χ1v) is 5.16. The van der Waals surface area contributed by atoms with Crippen LogP contribution in [0, 0.1) is 0 Å². The summed E-state index contributed by atoms with van der Waals surface area (Å²) in [5.74, 6) is -0.555. The smallest absolute Gasteiger partial charge is 0.217 e. The Balaban J connectivity index is 3.62. The molecule has 0 aliphatic carbocycles. The molecule has 0 amide bonds. The lowest BCUT2D eigenvalue weighted by atomic mass is 10.6. The van der Waals surface area contributed by atoms with E-state index in [4.69, 9.17) is 9.47 Å². The molecule has 0 atom stereocenters. The lowest BCUT2D eigenvalue weighted by Crippen LogP contribution is -2.46. The molecule has 0 saturated heterocycles. The third-order valence-electron chi connectivity index (χ3n) is 1.28. The second-order valence-corrected chi connectivity index (χ2v) is 2.94. The Labute approximate surface area is 58.6 Å². The molecule has 0 bridgehead atoms. The molecule has 0 aromatic rings. The third kappa shape index (κ3) is 2.95. The van der Waals surface area contributed by atoms with Gasteiger partial charge in [-0.3, -0.25) is 4.98 Å². The second-order valence-electron chi connectivity index (χ2n) is 1.88. The molecule has 0 aliphatic rings. The summed E-state index contributed by atoms with van der Waals surface area (Å²) >= 11 is 0. The predicted molar refractivity (Wildman–Crippen MR) is 40.0 cm³/mol. The summed E-state index contributed by atoms with van der Waals surface area (Å²) in [4.78, 5) is 3.15. The minimum atomic E-state index is -0.555. The van der Waals surface area contributed by atoms with Crippen LogP contribution in [0.25, 0.3) is 0 Å². The van der Waals surface area contributed by atoms with E-state index in [9.17, 15) is 0 Å². The zero-order chi connectivity index (χ0) is 7.33. The fourth-order valence-electron chi connectivity index (χ4n) is 0.549. The van der Waals surface area contributed by atoms with E-state index in [-0.39, 0.29) is 9.68 Å². The van der Waals surface area contributed by atoms with Crippen molar-refractivity contribution >= 4 is 9.68 Å². The summed E-state index contributed by atoms with van der Waals surface area (Å²) in [6.45, 7) is 4.00. The van der Waals surface area contributed by atoms with Gasteiger partial charge in [-0.25, -0.2) is 0 Å². The van der Waals surface area contributed by atoms with Crippen molar-refractivity contribution in [2.24, 2.45) is 0 Å². The van der Waals surface area contributed by atoms with Gasteiger partial charge in [0.25, 0.3) is 0 Å². The summed E-state index contributed by atoms with van der Waals surface area (Å²) in [5, 5.41) is 0. The van der Waals surface area contributed by atoms with Crippen LogP contribution < -0.4 is 4.98 Å². The van der Waals surface area contributed by atoms with E-state index < -0.39 is 5.91 Å². The minimum Gasteiger partial charge on any atom is -0.341 e. The van der Waals surface area contributed by atoms with Gasteiger partial charge in [-0.05, 0) is 0 Å². The van der Waals surface area contributed by atoms with E-state index in [1.54, 1.807) is 14.2 Å². The van der Waals surface area contributed by atoms with Gasteiger partial charge in [0.05, 0.1) is 9.68 Å². The molecule has 56 valence electrons. The highest BCUT2D eigenvalue weighted by atomic mass is 28.2. The van der Waals surface area contributed by atoms with Crippen molar-refractivity contribution < 1.29 is 9.47 Å². The number of hydrogen-bond acceptors (Lipinski definition) is 3. The molecule has 0 radical (unpaired) electrons. The van der Waals surface area contributed by atoms with Gasteiger partial charge in [0, 0.05) is 21.1 Å². The van der Waals surface area contributed by atoms with E-state index in [1.807, 2.05) is 6.92 Å². The highest BCUT2D eigenvalue weighted by Gasteiger charge is 2.19. The standard InChI is InChI=1S/C5H15NO2Si/c1-5(7-2,8-3)6-9-4/h6H,9H2,1-4H3. The molecule has 4 heteroatoms. The number of rotatable bonds is 4. The summed E-state index contributed by atoms with van der Waals surface area (Å²) in [5.41, 5.74) is 0. The Bertz CT molecular complexity index is 75.4. The second kappa shape index (κ2) is 4.00. The molecule has 0 aromatic carbocycles. The van der Waals surface area contributed by atoms with Crippen molar-refractivity contribution in [3.8, 4) is 0 Å². The average Bonchev–Trinajstić information content (AvgIpc) is 1.89. The molecule has 0 heterocycles. The number of nitrogens with one attached hydrogen (secondary N) is 1. The molecular formula is C5H15NO2Si. The first kappa shape index (κ1) is 9.10. The van der Waals surface area contributed by atoms with Crippen LogP contribution in [0.5, 0.6) is 0 Å². The van der Waals surface area contributed by atoms with Gasteiger partial charge in [0.2, 0.25) is 5.91 Å². The van der Waals surface area contributed by atoms with Crippen LogP contribution in [0.2, 0.25) is 6.55 Å². The van der Waals surface area contributed by atoms with E-state index in [0.29, 0.717) is 0 Å². The highest BCUT2D eigenvalue weighted by Crippen LogP contribution is 2.02. The van der Waals surface area contributed by atoms with Gasteiger partial charge in [-0.1, -0.05) is 6.55 Å². The molecule has 0 fully saturated rings. The van der Waals surface area contributed by atoms with Crippen LogP contribution >= 0.6 is 0 Å². The summed E-state index contributed by atoms with van der Waals surface area (Å²) in [6.07, 6.45) is 0. The van der Waals surface area contributed by atoms with E-state index >= 15 is 0 Å². The summed E-state index contributed by atoms with van der Waals surface area (Å²) in [6, 6.07) is 0. The number of methoxy groups -OCH3 is 2. The van der Waals surface area contributed by atoms with Crippen molar-refractivity contribution in [3.63, 3.8) is 0 Å². The molecule has 0 aliphatic heterocycles. The molecule has 0 aromatic heterocycles. The molecule has 1 N–H and O–H groups in total. The number of ether oxygens (including phenoxy) is 2. The van der Waals surface area contributed by atoms with Crippen molar-refractivity contribution in [2.45, 2.75) is 19.4 Å². The van der Waals surface area contributed by atoms with Crippen LogP contribution in [0.3, 0.4) is 0 Å². The Morgan fingerprint density at radius 1 is 1.33 bits per heavy atom. The van der Waals surface area contributed by atoms with Crippen molar-refractivity contribution in [1.29, 1.82) is 0 Å². The normalized spacial score (nSPS) is 13.3. The lowest BCUT2D eigenvalue weighted by Gasteiger charge is -2.26. The Kier molecular flexibility index (Phi) is 4.04. The molecule has 9 heavy (non-hydrogen) atoms. The Hall–Kier alpha value is 0.0969. The fourth-order valence-corrected chi connectivity index (χ4v) is 1.48. The molecule has 0 unspecified atom stereocenters. The van der Waals surface area contributed by atoms with Gasteiger partial charge in [0.15, 0.2) is 0 Å². The SMILES string of the molecule is COC(C)(N[SiH2]C)OC. The topological polar surface area (TPSA) is 30.5 Å². The molecule has 3 nitrogen and oxygen atoms in total. The maximum absolute atomic E-state index is 5.03. The third-order valence-corrected chi connectivity index (χ3v) is 2.27. The Morgan fingerprint density at radius 2 is 1.78 bits per heavy atom. The largest absolute Gasteiger partial charge is 0.341 e. The van der Waals surface area contributed by atoms with E-state index in [2.05, 4.69) is 11.5 Å². The van der Waals surface area contributed by atoms with E-state index in [0.717, 1.165) is 0 Å². The van der Waals surface area contributed by atoms with Crippen LogP contribution in [-0.4, -0.2) is 29.8 Å². The van der Waals surface area contributed by atoms with Gasteiger partial charge in [-0.15, -0.1) is 0 Å². The van der Waals surface area contributed by atoms with Gasteiger partial charge < -0.3 is 9.47 Å². The zero-order valence-electron chi connectivity index (χ0n) is 6.52. The molecule has 0 spiro atoms. The van der Waals surface area contributed by atoms with E-state index in [1.165, 1.54) is 0 Å². The predicted octanol–water partition coefficient (Wildman–Crippen LogP) is -0.326. The molecular weight excluding hydrogens is 134 g/mol. The molecule has 0 saturated carbocycles. The summed E-state index contributed by atoms with van der Waals surface area (Å²) in [7, 11) is 3.04. The van der Waals surface area contributed by atoms with Gasteiger partial charge in [-0.2, -0.15) is 0 Å². The number of hydrogen-bond donors (Lipinski definition) is 1. The summed E-state index contributed by atoms with van der Waals surface area (Å²) < 4.78 is 10.1. The molecule has 0 rings (SSSR count). The first-order valence-electron chi connectivity index (χ1n) is 3.04. The van der Waals surface area contributed by atoms with Crippen molar-refractivity contribution in [2.75, 3.05) is 14.2 Å². The van der Waals surface area contributed by atoms with Crippen molar-refractivity contribution in [1.82, 2.24) is 4.98 Å². The Morgan fingerprint density at radius 3 is 1.89 bits per heavy atom. The van der Waals surface area contributed by atoms with Crippen LogP contribution in [-0.2, 0) is 9.47 Å². The highest BCUT2D eigenvalue weighted by molar-refractivity contribution is 6.30. The van der Waals surface area contributed by atoms with Crippen LogP contribution in [0.4, 0.5) is 0 Å². The van der Waals surface area contributed by atoms with Crippen LogP contribution in [0.15, 0.2) is 0 Å². The fraction of sp³-hybridized carbons (Fsp3) is 1.00. The van der Waals surface area contributed by atoms with Crippen molar-refractivity contribution in [3.05, 3.63) is 0 Å².